The number of carbonyl (C=O) groups is 1. The molecule has 0 spiro atoms. The van der Waals surface area contributed by atoms with E-state index in [1.54, 1.807) is 27.4 Å². The average Bonchev–Trinajstić information content (AvgIpc) is 2.77. The number of fused-ring (bicyclic) bond motifs is 1. The molecule has 2 rings (SSSR count). The molecule has 19 heavy (non-hydrogen) atoms. The number of rotatable bonds is 4. The van der Waals surface area contributed by atoms with Crippen LogP contribution in [0.1, 0.15) is 56.7 Å². The van der Waals surface area contributed by atoms with Gasteiger partial charge in [-0.2, -0.15) is 0 Å². The Morgan fingerprint density at radius 3 is 2.53 bits per heavy atom. The van der Waals surface area contributed by atoms with Crippen LogP contribution in [0.15, 0.2) is 6.07 Å². The van der Waals surface area contributed by atoms with E-state index in [2.05, 4.69) is 10.3 Å². The summed E-state index contributed by atoms with van der Waals surface area (Å²) >= 11 is 0. The molecule has 0 fully saturated rings. The fourth-order valence-electron chi connectivity index (χ4n) is 1.79. The van der Waals surface area contributed by atoms with E-state index < -0.39 is 11.2 Å². The minimum absolute atomic E-state index is 0.00746. The van der Waals surface area contributed by atoms with Crippen molar-refractivity contribution >= 4 is 19.0 Å². The topological polar surface area (TPSA) is 74.3 Å². The fraction of sp³-hybridized carbons (Fsp3) is 0.615. The lowest BCUT2D eigenvalue weighted by Crippen LogP contribution is -2.49. The number of amides is 1. The molecule has 5 nitrogen and oxygen atoms in total. The van der Waals surface area contributed by atoms with Crippen LogP contribution in [0.25, 0.3) is 0 Å². The summed E-state index contributed by atoms with van der Waals surface area (Å²) in [5, 5.41) is 12.8. The minimum atomic E-state index is -0.969. The van der Waals surface area contributed by atoms with E-state index in [1.165, 1.54) is 0 Å². The Balaban J connectivity index is 2.09. The standard InChI is InChI=1S/C13H20BN2O3/c1-7-10-8(11(17)15-7)6-9(16-10)14-19-13(4,5)12(2,3)18/h6-7,16,18H,1-5H3,(H,15,17). The Kier molecular flexibility index (Phi) is 3.27. The van der Waals surface area contributed by atoms with Crippen LogP contribution < -0.4 is 10.9 Å². The van der Waals surface area contributed by atoms with Crippen molar-refractivity contribution in [3.8, 4) is 0 Å². The van der Waals surface area contributed by atoms with Gasteiger partial charge in [-0.05, 0) is 40.7 Å². The van der Waals surface area contributed by atoms with Gasteiger partial charge in [0.1, 0.15) is 0 Å². The van der Waals surface area contributed by atoms with Gasteiger partial charge in [0.05, 0.1) is 22.8 Å². The summed E-state index contributed by atoms with van der Waals surface area (Å²) in [4.78, 5) is 14.8. The van der Waals surface area contributed by atoms with Gasteiger partial charge in [-0.25, -0.2) is 0 Å². The fourth-order valence-corrected chi connectivity index (χ4v) is 1.79. The molecule has 0 aromatic carbocycles. The molecule has 1 unspecified atom stereocenters. The van der Waals surface area contributed by atoms with Crippen LogP contribution in [-0.2, 0) is 4.65 Å². The molecular weight excluding hydrogens is 243 g/mol. The molecule has 0 saturated carbocycles. The summed E-state index contributed by atoms with van der Waals surface area (Å²) in [7, 11) is 1.55. The van der Waals surface area contributed by atoms with Gasteiger partial charge in [0.25, 0.3) is 5.91 Å². The maximum atomic E-state index is 11.6. The van der Waals surface area contributed by atoms with Gasteiger partial charge in [0.15, 0.2) is 0 Å². The first-order valence-corrected chi connectivity index (χ1v) is 6.39. The molecule has 1 aliphatic heterocycles. The third-order valence-corrected chi connectivity index (χ3v) is 3.85. The van der Waals surface area contributed by atoms with E-state index in [4.69, 9.17) is 4.65 Å². The maximum Gasteiger partial charge on any atom is 0.348 e. The van der Waals surface area contributed by atoms with Crippen molar-refractivity contribution in [1.82, 2.24) is 10.3 Å². The van der Waals surface area contributed by atoms with E-state index in [1.807, 2.05) is 20.8 Å². The summed E-state index contributed by atoms with van der Waals surface area (Å²) in [6.07, 6.45) is 0. The number of H-pyrrole nitrogens is 1. The third-order valence-electron chi connectivity index (χ3n) is 3.85. The highest BCUT2D eigenvalue weighted by Crippen LogP contribution is 2.25. The molecule has 3 N–H and O–H groups in total. The number of hydrogen-bond acceptors (Lipinski definition) is 3. The molecule has 1 amide bonds. The molecule has 0 bridgehead atoms. The first-order chi connectivity index (χ1) is 8.62. The van der Waals surface area contributed by atoms with Crippen LogP contribution in [0.4, 0.5) is 0 Å². The first kappa shape index (κ1) is 14.2. The maximum absolute atomic E-state index is 11.6. The van der Waals surface area contributed by atoms with Crippen LogP contribution in [-0.4, -0.2) is 34.7 Å². The second-order valence-electron chi connectivity index (χ2n) is 6.05. The summed E-state index contributed by atoms with van der Waals surface area (Å²) in [6, 6.07) is 1.75. The van der Waals surface area contributed by atoms with Crippen molar-refractivity contribution in [3.05, 3.63) is 17.3 Å². The third kappa shape index (κ3) is 2.55. The number of hydrogen-bond donors (Lipinski definition) is 3. The lowest BCUT2D eigenvalue weighted by atomic mass is 9.85. The lowest BCUT2D eigenvalue weighted by Gasteiger charge is -2.37. The average molecular weight is 263 g/mol. The number of aromatic amines is 1. The Hall–Kier alpha value is -1.27. The SMILES string of the molecule is CC1NC(=O)c2cc([B]OC(C)(C)C(C)(C)O)[nH]c21. The van der Waals surface area contributed by atoms with Crippen LogP contribution in [0.3, 0.4) is 0 Å². The van der Waals surface area contributed by atoms with Crippen molar-refractivity contribution in [3.63, 3.8) is 0 Å². The molecule has 0 saturated heterocycles. The van der Waals surface area contributed by atoms with Gasteiger partial charge in [0.2, 0.25) is 0 Å². The molecule has 6 heteroatoms. The van der Waals surface area contributed by atoms with Gasteiger partial charge >= 0.3 is 7.48 Å². The van der Waals surface area contributed by atoms with Crippen LogP contribution in [0.5, 0.6) is 0 Å². The summed E-state index contributed by atoms with van der Waals surface area (Å²) in [5.41, 5.74) is 0.563. The van der Waals surface area contributed by atoms with E-state index >= 15 is 0 Å². The number of aromatic nitrogens is 1. The van der Waals surface area contributed by atoms with Gasteiger partial charge < -0.3 is 20.1 Å². The molecule has 103 valence electrons. The van der Waals surface area contributed by atoms with Crippen molar-refractivity contribution in [2.24, 2.45) is 0 Å². The zero-order chi connectivity index (χ0) is 14.4. The number of aliphatic hydroxyl groups is 1. The summed E-state index contributed by atoms with van der Waals surface area (Å²) in [5.74, 6) is -0.0693. The summed E-state index contributed by atoms with van der Waals surface area (Å²) in [6.45, 7) is 8.95. The smallest absolute Gasteiger partial charge is 0.348 e. The van der Waals surface area contributed by atoms with Crippen LogP contribution >= 0.6 is 0 Å². The van der Waals surface area contributed by atoms with E-state index in [-0.39, 0.29) is 11.9 Å². The highest BCUT2D eigenvalue weighted by Gasteiger charge is 2.36. The quantitative estimate of drug-likeness (QED) is 0.697. The Labute approximate surface area is 114 Å². The lowest BCUT2D eigenvalue weighted by molar-refractivity contribution is -0.0893. The molecule has 2 heterocycles. The highest BCUT2D eigenvalue weighted by molar-refractivity contribution is 6.46. The molecule has 0 aliphatic carbocycles. The summed E-state index contributed by atoms with van der Waals surface area (Å²) < 4.78 is 5.65. The number of carbonyl (C=O) groups excluding carboxylic acids is 1. The minimum Gasteiger partial charge on any atom is -0.425 e. The second-order valence-corrected chi connectivity index (χ2v) is 6.05. The van der Waals surface area contributed by atoms with Gasteiger partial charge in [0, 0.05) is 11.3 Å². The van der Waals surface area contributed by atoms with Crippen molar-refractivity contribution < 1.29 is 14.6 Å². The Morgan fingerprint density at radius 2 is 2.00 bits per heavy atom. The molecule has 1 radical (unpaired) electrons. The molecule has 1 atom stereocenters. The van der Waals surface area contributed by atoms with Crippen molar-refractivity contribution in [2.45, 2.75) is 51.9 Å². The van der Waals surface area contributed by atoms with Crippen molar-refractivity contribution in [1.29, 1.82) is 0 Å². The van der Waals surface area contributed by atoms with Crippen LogP contribution in [0, 0.1) is 0 Å². The monoisotopic (exact) mass is 263 g/mol. The molecular formula is C13H20BN2O3. The zero-order valence-corrected chi connectivity index (χ0v) is 12.0. The predicted octanol–water partition coefficient (Wildman–Crippen LogP) is 0.630. The largest absolute Gasteiger partial charge is 0.425 e. The van der Waals surface area contributed by atoms with Gasteiger partial charge in [-0.3, -0.25) is 4.79 Å². The van der Waals surface area contributed by atoms with E-state index in [0.29, 0.717) is 5.56 Å². The zero-order valence-electron chi connectivity index (χ0n) is 12.0. The molecule has 1 aliphatic rings. The molecule has 1 aromatic heterocycles. The van der Waals surface area contributed by atoms with E-state index in [9.17, 15) is 9.90 Å². The first-order valence-electron chi connectivity index (χ1n) is 6.39. The predicted molar refractivity (Wildman–Crippen MR) is 73.5 cm³/mol. The molecule has 1 aromatic rings. The highest BCUT2D eigenvalue weighted by atomic mass is 16.5. The Bertz CT molecular complexity index is 502. The van der Waals surface area contributed by atoms with E-state index in [0.717, 1.165) is 11.3 Å². The second kappa shape index (κ2) is 4.39. The normalized spacial score (nSPS) is 19.3. The van der Waals surface area contributed by atoms with Gasteiger partial charge in [-0.1, -0.05) is 0 Å². The van der Waals surface area contributed by atoms with Crippen LogP contribution in [0.2, 0.25) is 0 Å². The van der Waals surface area contributed by atoms with Crippen molar-refractivity contribution in [2.75, 3.05) is 0 Å². The van der Waals surface area contributed by atoms with Gasteiger partial charge in [-0.15, -0.1) is 0 Å². The number of nitrogens with one attached hydrogen (secondary N) is 2. The Morgan fingerprint density at radius 1 is 1.37 bits per heavy atom.